The van der Waals surface area contributed by atoms with Gasteiger partial charge in [-0.05, 0) is 17.7 Å². The Morgan fingerprint density at radius 3 is 2.67 bits per heavy atom. The fourth-order valence-electron chi connectivity index (χ4n) is 3.06. The standard InChI is InChI=1S/C14H18FNO3S2/c1-3-21(17,18)12-11(9-5-4-6-10(15)7-9)14(12,8-19-2)13(16)20/h4-7,11-12H,3,8H2,1-2H3,(H2,16,20)/t11-,12-,14-/m1/s1. The molecule has 1 saturated carbocycles. The zero-order valence-electron chi connectivity index (χ0n) is 11.9. The van der Waals surface area contributed by atoms with E-state index in [1.165, 1.54) is 19.2 Å². The van der Waals surface area contributed by atoms with Crippen molar-refractivity contribution in [3.8, 4) is 0 Å². The second-order valence-electron chi connectivity index (χ2n) is 5.24. The molecule has 0 saturated heterocycles. The van der Waals surface area contributed by atoms with E-state index in [0.717, 1.165) is 0 Å². The summed E-state index contributed by atoms with van der Waals surface area (Å²) in [5, 5.41) is -0.755. The number of rotatable bonds is 6. The van der Waals surface area contributed by atoms with Gasteiger partial charge in [-0.2, -0.15) is 0 Å². The maximum Gasteiger partial charge on any atom is 0.154 e. The fourth-order valence-corrected chi connectivity index (χ4v) is 5.52. The van der Waals surface area contributed by atoms with Crippen molar-refractivity contribution in [3.63, 3.8) is 0 Å². The van der Waals surface area contributed by atoms with Crippen molar-refractivity contribution in [2.45, 2.75) is 18.1 Å². The molecule has 7 heteroatoms. The zero-order chi connectivity index (χ0) is 15.8. The van der Waals surface area contributed by atoms with Gasteiger partial charge >= 0.3 is 0 Å². The van der Waals surface area contributed by atoms with Gasteiger partial charge in [-0.3, -0.25) is 0 Å². The Morgan fingerprint density at radius 1 is 1.52 bits per heavy atom. The molecular weight excluding hydrogens is 313 g/mol. The predicted octanol–water partition coefficient (Wildman–Crippen LogP) is 1.65. The summed E-state index contributed by atoms with van der Waals surface area (Å²) in [5.74, 6) is -0.894. The quantitative estimate of drug-likeness (QED) is 0.803. The first-order chi connectivity index (χ1) is 9.81. The van der Waals surface area contributed by atoms with Crippen LogP contribution >= 0.6 is 12.2 Å². The molecule has 0 aliphatic heterocycles. The van der Waals surface area contributed by atoms with Crippen molar-refractivity contribution in [3.05, 3.63) is 35.6 Å². The van der Waals surface area contributed by atoms with Crippen molar-refractivity contribution in [1.82, 2.24) is 0 Å². The first-order valence-electron chi connectivity index (χ1n) is 6.57. The molecule has 0 radical (unpaired) electrons. The van der Waals surface area contributed by atoms with Crippen molar-refractivity contribution < 1.29 is 17.5 Å². The number of halogens is 1. The Morgan fingerprint density at radius 2 is 2.19 bits per heavy atom. The molecule has 0 aromatic heterocycles. The highest BCUT2D eigenvalue weighted by Gasteiger charge is 2.72. The van der Waals surface area contributed by atoms with Crippen LogP contribution in [0.25, 0.3) is 0 Å². The van der Waals surface area contributed by atoms with Crippen molar-refractivity contribution in [1.29, 1.82) is 0 Å². The van der Waals surface area contributed by atoms with Crippen LogP contribution in [0, 0.1) is 11.2 Å². The third kappa shape index (κ3) is 2.58. The first-order valence-corrected chi connectivity index (χ1v) is 8.69. The van der Waals surface area contributed by atoms with Crippen LogP contribution in [0.2, 0.25) is 0 Å². The molecule has 0 amide bonds. The van der Waals surface area contributed by atoms with E-state index in [1.54, 1.807) is 19.1 Å². The van der Waals surface area contributed by atoms with E-state index in [0.29, 0.717) is 5.56 Å². The van der Waals surface area contributed by atoms with Gasteiger partial charge in [0.2, 0.25) is 0 Å². The minimum atomic E-state index is -3.38. The molecule has 0 bridgehead atoms. The van der Waals surface area contributed by atoms with Crippen molar-refractivity contribution >= 4 is 27.0 Å². The summed E-state index contributed by atoms with van der Waals surface area (Å²) >= 11 is 5.10. The lowest BCUT2D eigenvalue weighted by atomic mass is 10.00. The summed E-state index contributed by atoms with van der Waals surface area (Å²) in [4.78, 5) is 0.0978. The number of hydrogen-bond acceptors (Lipinski definition) is 4. The van der Waals surface area contributed by atoms with Crippen LogP contribution in [-0.2, 0) is 14.6 Å². The zero-order valence-corrected chi connectivity index (χ0v) is 13.5. The van der Waals surface area contributed by atoms with Gasteiger partial charge in [0, 0.05) is 18.8 Å². The molecular formula is C14H18FNO3S2. The first kappa shape index (κ1) is 16.3. The molecule has 1 aromatic carbocycles. The van der Waals surface area contributed by atoms with Gasteiger partial charge in [-0.15, -0.1) is 0 Å². The van der Waals surface area contributed by atoms with E-state index in [9.17, 15) is 12.8 Å². The van der Waals surface area contributed by atoms with Gasteiger partial charge in [0.15, 0.2) is 9.84 Å². The van der Waals surface area contributed by atoms with E-state index in [-0.39, 0.29) is 17.3 Å². The van der Waals surface area contributed by atoms with E-state index >= 15 is 0 Å². The number of nitrogens with two attached hydrogens (primary N) is 1. The van der Waals surface area contributed by atoms with Crippen LogP contribution in [0.1, 0.15) is 18.4 Å². The molecule has 116 valence electrons. The summed E-state index contributed by atoms with van der Waals surface area (Å²) < 4.78 is 43.3. The van der Waals surface area contributed by atoms with Crippen LogP contribution in [0.4, 0.5) is 4.39 Å². The number of ether oxygens (including phenoxy) is 1. The molecule has 1 aromatic rings. The van der Waals surface area contributed by atoms with Gasteiger partial charge in [0.05, 0.1) is 22.3 Å². The summed E-state index contributed by atoms with van der Waals surface area (Å²) in [6, 6.07) is 5.89. The van der Waals surface area contributed by atoms with Crippen LogP contribution in [-0.4, -0.2) is 38.1 Å². The fraction of sp³-hybridized carbons (Fsp3) is 0.500. The molecule has 1 aliphatic carbocycles. The van der Waals surface area contributed by atoms with Gasteiger partial charge in [0.1, 0.15) is 5.82 Å². The monoisotopic (exact) mass is 331 g/mol. The molecule has 3 atom stereocenters. The van der Waals surface area contributed by atoms with E-state index in [2.05, 4.69) is 0 Å². The number of methoxy groups -OCH3 is 1. The van der Waals surface area contributed by atoms with Crippen molar-refractivity contribution in [2.75, 3.05) is 19.5 Å². The lowest BCUT2D eigenvalue weighted by Gasteiger charge is -2.15. The van der Waals surface area contributed by atoms with E-state index < -0.39 is 32.2 Å². The average Bonchev–Trinajstić information content (AvgIpc) is 3.10. The van der Waals surface area contributed by atoms with Crippen molar-refractivity contribution in [2.24, 2.45) is 11.1 Å². The maximum atomic E-state index is 13.5. The summed E-state index contributed by atoms with van der Waals surface area (Å²) in [5.41, 5.74) is 5.45. The molecule has 2 rings (SSSR count). The number of hydrogen-bond donors (Lipinski definition) is 1. The molecule has 1 fully saturated rings. The summed E-state index contributed by atoms with van der Waals surface area (Å²) in [7, 11) is -1.91. The largest absolute Gasteiger partial charge is 0.393 e. The van der Waals surface area contributed by atoms with Gasteiger partial charge < -0.3 is 10.5 Å². The highest BCUT2D eigenvalue weighted by molar-refractivity contribution is 7.92. The summed E-state index contributed by atoms with van der Waals surface area (Å²) in [6.07, 6.45) is 0. The number of benzene rings is 1. The number of thiocarbonyl (C=S) groups is 1. The second-order valence-corrected chi connectivity index (χ2v) is 8.09. The Labute approximate surface area is 129 Å². The van der Waals surface area contributed by atoms with Gasteiger partial charge in [0.25, 0.3) is 0 Å². The Kier molecular flexibility index (Phi) is 4.37. The molecule has 0 heterocycles. The highest BCUT2D eigenvalue weighted by atomic mass is 32.2. The lowest BCUT2D eigenvalue weighted by Crippen LogP contribution is -2.33. The maximum absolute atomic E-state index is 13.5. The SMILES string of the molecule is CCS(=O)(=O)[C@@H]1[C@@H](c2cccc(F)c2)[C@@]1(COC)C(N)=S. The Bertz CT molecular complexity index is 662. The predicted molar refractivity (Wildman–Crippen MR) is 83.5 cm³/mol. The van der Waals surface area contributed by atoms with Crippen LogP contribution < -0.4 is 5.73 Å². The third-order valence-electron chi connectivity index (χ3n) is 4.10. The normalized spacial score (nSPS) is 28.3. The molecule has 1 aliphatic rings. The van der Waals surface area contributed by atoms with E-state index in [1.807, 2.05) is 0 Å². The van der Waals surface area contributed by atoms with Crippen LogP contribution in [0.15, 0.2) is 24.3 Å². The molecule has 4 nitrogen and oxygen atoms in total. The minimum absolute atomic E-state index is 0.0163. The number of sulfone groups is 1. The van der Waals surface area contributed by atoms with E-state index in [4.69, 9.17) is 22.7 Å². The smallest absolute Gasteiger partial charge is 0.154 e. The third-order valence-corrected chi connectivity index (χ3v) is 6.75. The van der Waals surface area contributed by atoms with Gasteiger partial charge in [-0.1, -0.05) is 31.3 Å². The minimum Gasteiger partial charge on any atom is -0.393 e. The van der Waals surface area contributed by atoms with Crippen LogP contribution in [0.5, 0.6) is 0 Å². The molecule has 2 N–H and O–H groups in total. The summed E-state index contributed by atoms with van der Waals surface area (Å²) in [6.45, 7) is 1.68. The topological polar surface area (TPSA) is 69.4 Å². The second kappa shape index (κ2) is 5.62. The molecule has 0 unspecified atom stereocenters. The Balaban J connectivity index is 2.54. The molecule has 0 spiro atoms. The Hall–Kier alpha value is -1.05. The average molecular weight is 331 g/mol. The van der Waals surface area contributed by atoms with Gasteiger partial charge in [-0.25, -0.2) is 12.8 Å². The molecule has 21 heavy (non-hydrogen) atoms. The lowest BCUT2D eigenvalue weighted by molar-refractivity contribution is 0.166. The highest BCUT2D eigenvalue weighted by Crippen LogP contribution is 2.63. The van der Waals surface area contributed by atoms with Crippen LogP contribution in [0.3, 0.4) is 0 Å².